The van der Waals surface area contributed by atoms with Crippen molar-refractivity contribution in [3.05, 3.63) is 28.7 Å². The fraction of sp³-hybridized carbons (Fsp3) is 0.385. The molecule has 0 aromatic carbocycles. The number of nitrogens with two attached hydrogens (primary N) is 1. The highest BCUT2D eigenvalue weighted by Crippen LogP contribution is 2.30. The van der Waals surface area contributed by atoms with Crippen LogP contribution in [0.3, 0.4) is 0 Å². The van der Waals surface area contributed by atoms with Crippen molar-refractivity contribution >= 4 is 22.8 Å². The van der Waals surface area contributed by atoms with Crippen molar-refractivity contribution < 1.29 is 4.74 Å². The van der Waals surface area contributed by atoms with Crippen LogP contribution < -0.4 is 15.8 Å². The van der Waals surface area contributed by atoms with Gasteiger partial charge in [0.15, 0.2) is 0 Å². The Kier molecular flexibility index (Phi) is 3.50. The number of rotatable bonds is 6. The van der Waals surface area contributed by atoms with Crippen LogP contribution in [-0.4, -0.2) is 16.6 Å². The molecule has 0 amide bonds. The maximum atomic E-state index is 5.86. The molecule has 1 fully saturated rings. The van der Waals surface area contributed by atoms with Gasteiger partial charge in [0.05, 0.1) is 30.0 Å². The molecule has 0 bridgehead atoms. The summed E-state index contributed by atoms with van der Waals surface area (Å²) in [5.41, 5.74) is 9.26. The number of ether oxygens (including phenoxy) is 1. The summed E-state index contributed by atoms with van der Waals surface area (Å²) in [6, 6.07) is 3.67. The molecule has 0 atom stereocenters. The molecule has 0 spiro atoms. The lowest BCUT2D eigenvalue weighted by Gasteiger charge is -2.10. The van der Waals surface area contributed by atoms with E-state index in [1.165, 1.54) is 12.8 Å². The summed E-state index contributed by atoms with van der Waals surface area (Å²) in [6.07, 6.45) is 2.50. The molecule has 100 valence electrons. The number of aromatic nitrogens is 2. The Morgan fingerprint density at radius 3 is 3.05 bits per heavy atom. The van der Waals surface area contributed by atoms with E-state index in [0.717, 1.165) is 11.5 Å². The molecule has 3 rings (SSSR count). The Morgan fingerprint density at radius 1 is 1.42 bits per heavy atom. The lowest BCUT2D eigenvalue weighted by atomic mass is 10.4. The molecule has 2 heterocycles. The molecule has 0 radical (unpaired) electrons. The minimum atomic E-state index is 0.523. The summed E-state index contributed by atoms with van der Waals surface area (Å²) in [5, 5.41) is 5.22. The molecular weight excluding hydrogens is 260 g/mol. The van der Waals surface area contributed by atoms with Gasteiger partial charge in [-0.25, -0.2) is 4.98 Å². The van der Waals surface area contributed by atoms with Gasteiger partial charge in [-0.15, -0.1) is 11.3 Å². The molecule has 2 aromatic rings. The van der Waals surface area contributed by atoms with Crippen LogP contribution in [0.2, 0.25) is 0 Å². The van der Waals surface area contributed by atoms with E-state index in [1.54, 1.807) is 11.3 Å². The zero-order valence-electron chi connectivity index (χ0n) is 10.5. The van der Waals surface area contributed by atoms with E-state index in [9.17, 15) is 0 Å². The Balaban J connectivity index is 1.62. The van der Waals surface area contributed by atoms with Crippen LogP contribution in [0.25, 0.3) is 0 Å². The third kappa shape index (κ3) is 3.35. The SMILES string of the molecule is Nc1ccc(NCc2cscn2)nc1OCC1CC1. The first kappa shape index (κ1) is 12.2. The van der Waals surface area contributed by atoms with Crippen molar-refractivity contribution in [3.63, 3.8) is 0 Å². The second-order valence-corrected chi connectivity index (χ2v) is 5.40. The van der Waals surface area contributed by atoms with Crippen LogP contribution in [0.15, 0.2) is 23.0 Å². The number of nitrogen functional groups attached to an aromatic ring is 1. The third-order valence-corrected chi connectivity index (χ3v) is 3.61. The molecule has 19 heavy (non-hydrogen) atoms. The molecule has 0 aliphatic heterocycles. The van der Waals surface area contributed by atoms with Crippen LogP contribution in [0.1, 0.15) is 18.5 Å². The molecule has 5 nitrogen and oxygen atoms in total. The standard InChI is InChI=1S/C13H16N4OS/c14-11-3-4-12(15-5-10-7-19-8-16-10)17-13(11)18-6-9-1-2-9/h3-4,7-9H,1-2,5-6,14H2,(H,15,17). The van der Waals surface area contributed by atoms with Crippen molar-refractivity contribution in [1.29, 1.82) is 0 Å². The van der Waals surface area contributed by atoms with Crippen molar-refractivity contribution in [1.82, 2.24) is 9.97 Å². The molecule has 6 heteroatoms. The van der Waals surface area contributed by atoms with Crippen LogP contribution in [0.4, 0.5) is 11.5 Å². The number of nitrogens with zero attached hydrogens (tertiary/aromatic N) is 2. The summed E-state index contributed by atoms with van der Waals surface area (Å²) in [4.78, 5) is 8.60. The number of pyridine rings is 1. The molecule has 0 saturated heterocycles. The van der Waals surface area contributed by atoms with Gasteiger partial charge in [-0.05, 0) is 30.9 Å². The van der Waals surface area contributed by atoms with Gasteiger partial charge in [0.25, 0.3) is 0 Å². The quantitative estimate of drug-likeness (QED) is 0.848. The van der Waals surface area contributed by atoms with Crippen molar-refractivity contribution in [2.45, 2.75) is 19.4 Å². The number of anilines is 2. The monoisotopic (exact) mass is 276 g/mol. The van der Waals surface area contributed by atoms with Gasteiger partial charge >= 0.3 is 0 Å². The molecule has 1 aliphatic rings. The summed E-state index contributed by atoms with van der Waals surface area (Å²) in [5.74, 6) is 1.97. The van der Waals surface area contributed by atoms with Crippen molar-refractivity contribution in [2.75, 3.05) is 17.7 Å². The van der Waals surface area contributed by atoms with Gasteiger partial charge in [-0.1, -0.05) is 0 Å². The van der Waals surface area contributed by atoms with Crippen molar-refractivity contribution in [2.24, 2.45) is 5.92 Å². The Bertz CT molecular complexity index is 540. The predicted molar refractivity (Wildman–Crippen MR) is 76.3 cm³/mol. The number of thiazole rings is 1. The van der Waals surface area contributed by atoms with Gasteiger partial charge < -0.3 is 15.8 Å². The third-order valence-electron chi connectivity index (χ3n) is 2.98. The van der Waals surface area contributed by atoms with E-state index in [4.69, 9.17) is 10.5 Å². The summed E-state index contributed by atoms with van der Waals surface area (Å²) in [7, 11) is 0. The number of hydrogen-bond acceptors (Lipinski definition) is 6. The minimum absolute atomic E-state index is 0.523. The van der Waals surface area contributed by atoms with E-state index in [0.29, 0.717) is 30.6 Å². The first-order valence-electron chi connectivity index (χ1n) is 6.31. The lowest BCUT2D eigenvalue weighted by Crippen LogP contribution is -2.07. The Hall–Kier alpha value is -1.82. The first-order chi connectivity index (χ1) is 9.31. The second-order valence-electron chi connectivity index (χ2n) is 4.68. The van der Waals surface area contributed by atoms with E-state index in [1.807, 2.05) is 23.0 Å². The zero-order valence-corrected chi connectivity index (χ0v) is 11.3. The molecular formula is C13H16N4OS. The highest BCUT2D eigenvalue weighted by molar-refractivity contribution is 7.07. The van der Waals surface area contributed by atoms with Gasteiger partial charge in [-0.2, -0.15) is 4.98 Å². The maximum absolute atomic E-state index is 5.86. The normalized spacial score (nSPS) is 14.3. The summed E-state index contributed by atoms with van der Waals surface area (Å²) in [6.45, 7) is 1.37. The van der Waals surface area contributed by atoms with Crippen LogP contribution in [0.5, 0.6) is 5.88 Å². The van der Waals surface area contributed by atoms with E-state index >= 15 is 0 Å². The molecule has 0 unspecified atom stereocenters. The van der Waals surface area contributed by atoms with Crippen LogP contribution >= 0.6 is 11.3 Å². The average Bonchev–Trinajstić information content (AvgIpc) is 3.10. The van der Waals surface area contributed by atoms with Gasteiger partial charge in [0.1, 0.15) is 5.82 Å². The van der Waals surface area contributed by atoms with Gasteiger partial charge in [0.2, 0.25) is 5.88 Å². The Labute approximate surface area is 115 Å². The topological polar surface area (TPSA) is 73.1 Å². The highest BCUT2D eigenvalue weighted by atomic mass is 32.1. The fourth-order valence-electron chi connectivity index (χ4n) is 1.65. The molecule has 2 aromatic heterocycles. The van der Waals surface area contributed by atoms with Crippen LogP contribution in [0, 0.1) is 5.92 Å². The molecule has 1 aliphatic carbocycles. The van der Waals surface area contributed by atoms with Gasteiger partial charge in [0, 0.05) is 5.38 Å². The summed E-state index contributed by atoms with van der Waals surface area (Å²) >= 11 is 1.58. The first-order valence-corrected chi connectivity index (χ1v) is 7.26. The average molecular weight is 276 g/mol. The van der Waals surface area contributed by atoms with E-state index < -0.39 is 0 Å². The minimum Gasteiger partial charge on any atom is -0.476 e. The summed E-state index contributed by atoms with van der Waals surface area (Å²) < 4.78 is 5.65. The number of nitrogens with one attached hydrogen (secondary N) is 1. The number of hydrogen-bond donors (Lipinski definition) is 2. The maximum Gasteiger partial charge on any atom is 0.239 e. The van der Waals surface area contributed by atoms with E-state index in [-0.39, 0.29) is 0 Å². The molecule has 3 N–H and O–H groups in total. The Morgan fingerprint density at radius 2 is 2.32 bits per heavy atom. The van der Waals surface area contributed by atoms with Crippen LogP contribution in [-0.2, 0) is 6.54 Å². The fourth-order valence-corrected chi connectivity index (χ4v) is 2.21. The van der Waals surface area contributed by atoms with E-state index in [2.05, 4.69) is 15.3 Å². The predicted octanol–water partition coefficient (Wildman–Crippen LogP) is 2.52. The molecule has 1 saturated carbocycles. The van der Waals surface area contributed by atoms with Gasteiger partial charge in [-0.3, -0.25) is 0 Å². The zero-order chi connectivity index (χ0) is 13.1. The lowest BCUT2D eigenvalue weighted by molar-refractivity contribution is 0.290. The largest absolute Gasteiger partial charge is 0.476 e. The smallest absolute Gasteiger partial charge is 0.239 e. The highest BCUT2D eigenvalue weighted by Gasteiger charge is 2.22. The van der Waals surface area contributed by atoms with Crippen molar-refractivity contribution in [3.8, 4) is 5.88 Å². The second kappa shape index (κ2) is 5.44.